The number of amides is 2. The van der Waals surface area contributed by atoms with Crippen molar-refractivity contribution in [2.45, 2.75) is 5.54 Å². The van der Waals surface area contributed by atoms with Gasteiger partial charge >= 0.3 is 11.8 Å². The summed E-state index contributed by atoms with van der Waals surface area (Å²) in [5.41, 5.74) is 7.63. The standard InChI is InChI=1S/C22H21N3O2/c1-23-20(26)21(27)24-25-22(17-11-5-2-6-12-17,18-13-7-3-8-14-18)19-15-9-4-10-16-19/h2-16,25H,1H3,(H,23,26)(H,24,27). The first-order valence-corrected chi connectivity index (χ1v) is 8.64. The second-order valence-corrected chi connectivity index (χ2v) is 6.01. The Morgan fingerprint density at radius 3 is 1.33 bits per heavy atom. The molecule has 0 heterocycles. The molecule has 3 aromatic rings. The lowest BCUT2D eigenvalue weighted by atomic mass is 9.77. The first-order valence-electron chi connectivity index (χ1n) is 8.64. The van der Waals surface area contributed by atoms with Gasteiger partial charge in [0, 0.05) is 7.05 Å². The molecule has 136 valence electrons. The Hall–Kier alpha value is -3.44. The minimum absolute atomic E-state index is 0.717. The molecule has 0 saturated carbocycles. The molecule has 0 aliphatic heterocycles. The minimum atomic E-state index is -0.868. The van der Waals surface area contributed by atoms with E-state index in [1.807, 2.05) is 91.0 Å². The van der Waals surface area contributed by atoms with Crippen molar-refractivity contribution in [2.24, 2.45) is 0 Å². The first-order chi connectivity index (χ1) is 13.2. The van der Waals surface area contributed by atoms with Gasteiger partial charge < -0.3 is 5.32 Å². The molecule has 0 aliphatic rings. The zero-order valence-electron chi connectivity index (χ0n) is 15.0. The van der Waals surface area contributed by atoms with Crippen molar-refractivity contribution in [1.82, 2.24) is 16.2 Å². The lowest BCUT2D eigenvalue weighted by Crippen LogP contribution is -2.56. The number of likely N-dealkylation sites (N-methyl/N-ethyl adjacent to an activating group) is 1. The summed E-state index contributed by atoms with van der Waals surface area (Å²) in [4.78, 5) is 23.8. The zero-order valence-corrected chi connectivity index (χ0v) is 15.0. The molecule has 0 fully saturated rings. The molecule has 3 rings (SSSR count). The van der Waals surface area contributed by atoms with Crippen LogP contribution in [0.25, 0.3) is 0 Å². The molecular formula is C22H21N3O2. The second kappa shape index (κ2) is 8.29. The van der Waals surface area contributed by atoms with Crippen LogP contribution in [0, 0.1) is 0 Å². The van der Waals surface area contributed by atoms with Crippen LogP contribution in [0.4, 0.5) is 0 Å². The molecule has 0 bridgehead atoms. The molecule has 3 N–H and O–H groups in total. The second-order valence-electron chi connectivity index (χ2n) is 6.01. The van der Waals surface area contributed by atoms with Crippen molar-refractivity contribution < 1.29 is 9.59 Å². The van der Waals surface area contributed by atoms with Gasteiger partial charge in [-0.1, -0.05) is 91.0 Å². The van der Waals surface area contributed by atoms with Crippen molar-refractivity contribution in [3.63, 3.8) is 0 Å². The molecule has 0 aliphatic carbocycles. The Labute approximate surface area is 158 Å². The van der Waals surface area contributed by atoms with E-state index in [1.165, 1.54) is 7.05 Å². The van der Waals surface area contributed by atoms with Gasteiger partial charge in [0.05, 0.1) is 0 Å². The Kier molecular flexibility index (Phi) is 5.64. The molecule has 0 unspecified atom stereocenters. The van der Waals surface area contributed by atoms with Gasteiger partial charge in [0.2, 0.25) is 0 Å². The van der Waals surface area contributed by atoms with Crippen LogP contribution >= 0.6 is 0 Å². The highest BCUT2D eigenvalue weighted by Gasteiger charge is 2.37. The monoisotopic (exact) mass is 359 g/mol. The van der Waals surface area contributed by atoms with Crippen molar-refractivity contribution >= 4 is 11.8 Å². The Bertz CT molecular complexity index is 800. The predicted octanol–water partition coefficient (Wildman–Crippen LogP) is 2.35. The van der Waals surface area contributed by atoms with Crippen LogP contribution in [0.15, 0.2) is 91.0 Å². The van der Waals surface area contributed by atoms with E-state index in [2.05, 4.69) is 16.2 Å². The molecule has 0 radical (unpaired) electrons. The average Bonchev–Trinajstić information content (AvgIpc) is 2.75. The van der Waals surface area contributed by atoms with E-state index in [9.17, 15) is 9.59 Å². The van der Waals surface area contributed by atoms with E-state index in [1.54, 1.807) is 0 Å². The molecule has 2 amide bonds. The van der Waals surface area contributed by atoms with Crippen LogP contribution in [0.1, 0.15) is 16.7 Å². The molecule has 3 aromatic carbocycles. The molecule has 0 aromatic heterocycles. The van der Waals surface area contributed by atoms with Gasteiger partial charge in [0.1, 0.15) is 5.54 Å². The van der Waals surface area contributed by atoms with Gasteiger partial charge in [0.15, 0.2) is 0 Å². The smallest absolute Gasteiger partial charge is 0.323 e. The summed E-state index contributed by atoms with van der Waals surface area (Å²) in [5, 5.41) is 2.33. The number of rotatable bonds is 5. The van der Waals surface area contributed by atoms with Gasteiger partial charge in [-0.2, -0.15) is 0 Å². The average molecular weight is 359 g/mol. The lowest BCUT2D eigenvalue weighted by molar-refractivity contribution is -0.139. The maximum absolute atomic E-state index is 12.1. The van der Waals surface area contributed by atoms with E-state index < -0.39 is 17.4 Å². The van der Waals surface area contributed by atoms with Crippen molar-refractivity contribution in [3.8, 4) is 0 Å². The summed E-state index contributed by atoms with van der Waals surface area (Å²) < 4.78 is 0. The molecule has 0 saturated heterocycles. The predicted molar refractivity (Wildman–Crippen MR) is 105 cm³/mol. The Morgan fingerprint density at radius 2 is 1.00 bits per heavy atom. The molecule has 5 heteroatoms. The topological polar surface area (TPSA) is 70.2 Å². The van der Waals surface area contributed by atoms with E-state index >= 15 is 0 Å². The van der Waals surface area contributed by atoms with Crippen molar-refractivity contribution in [1.29, 1.82) is 0 Å². The fourth-order valence-electron chi connectivity index (χ4n) is 3.10. The number of hydrogen-bond acceptors (Lipinski definition) is 3. The summed E-state index contributed by atoms with van der Waals surface area (Å²) in [6.45, 7) is 0. The van der Waals surface area contributed by atoms with Crippen molar-refractivity contribution in [2.75, 3.05) is 7.05 Å². The summed E-state index contributed by atoms with van der Waals surface area (Å²) in [7, 11) is 1.42. The third kappa shape index (κ3) is 3.73. The van der Waals surface area contributed by atoms with Crippen LogP contribution in [-0.4, -0.2) is 18.9 Å². The zero-order chi connectivity index (χ0) is 19.1. The molecular weight excluding hydrogens is 338 g/mol. The number of nitrogens with one attached hydrogen (secondary N) is 3. The van der Waals surface area contributed by atoms with E-state index in [0.717, 1.165) is 16.7 Å². The largest absolute Gasteiger partial charge is 0.351 e. The Balaban J connectivity index is 2.17. The highest BCUT2D eigenvalue weighted by Crippen LogP contribution is 2.36. The number of benzene rings is 3. The fraction of sp³-hybridized carbons (Fsp3) is 0.0909. The SMILES string of the molecule is CNC(=O)C(=O)NNC(c1ccccc1)(c1ccccc1)c1ccccc1. The normalized spacial score (nSPS) is 10.9. The van der Waals surface area contributed by atoms with Gasteiger partial charge in [-0.3, -0.25) is 15.0 Å². The highest BCUT2D eigenvalue weighted by atomic mass is 16.2. The summed E-state index contributed by atoms with van der Waals surface area (Å²) in [5.74, 6) is -1.48. The van der Waals surface area contributed by atoms with Gasteiger partial charge in [-0.25, -0.2) is 5.43 Å². The van der Waals surface area contributed by atoms with Gasteiger partial charge in [0.25, 0.3) is 0 Å². The molecule has 27 heavy (non-hydrogen) atoms. The summed E-state index contributed by atoms with van der Waals surface area (Å²) in [6, 6.07) is 29.4. The Morgan fingerprint density at radius 1 is 0.630 bits per heavy atom. The van der Waals surface area contributed by atoms with Crippen LogP contribution in [-0.2, 0) is 15.1 Å². The van der Waals surface area contributed by atoms with Crippen LogP contribution in [0.2, 0.25) is 0 Å². The fourth-order valence-corrected chi connectivity index (χ4v) is 3.10. The number of carbonyl (C=O) groups excluding carboxylic acids is 2. The quantitative estimate of drug-likeness (QED) is 0.372. The van der Waals surface area contributed by atoms with E-state index in [0.29, 0.717) is 0 Å². The summed E-state index contributed by atoms with van der Waals surface area (Å²) >= 11 is 0. The van der Waals surface area contributed by atoms with Crippen LogP contribution < -0.4 is 16.2 Å². The molecule has 5 nitrogen and oxygen atoms in total. The maximum atomic E-state index is 12.1. The summed E-state index contributed by atoms with van der Waals surface area (Å²) in [6.07, 6.45) is 0. The van der Waals surface area contributed by atoms with Crippen LogP contribution in [0.3, 0.4) is 0 Å². The highest BCUT2D eigenvalue weighted by molar-refractivity contribution is 6.34. The number of hydrazine groups is 1. The molecule has 0 atom stereocenters. The van der Waals surface area contributed by atoms with Gasteiger partial charge in [-0.05, 0) is 16.7 Å². The number of hydrogen-bond donors (Lipinski definition) is 3. The molecule has 0 spiro atoms. The lowest BCUT2D eigenvalue weighted by Gasteiger charge is -2.36. The van der Waals surface area contributed by atoms with E-state index in [4.69, 9.17) is 0 Å². The first kappa shape index (κ1) is 18.4. The van der Waals surface area contributed by atoms with Crippen molar-refractivity contribution in [3.05, 3.63) is 108 Å². The maximum Gasteiger partial charge on any atom is 0.323 e. The number of carbonyl (C=O) groups is 2. The minimum Gasteiger partial charge on any atom is -0.351 e. The third-order valence-corrected chi connectivity index (χ3v) is 4.42. The van der Waals surface area contributed by atoms with Crippen LogP contribution in [0.5, 0.6) is 0 Å². The van der Waals surface area contributed by atoms with E-state index in [-0.39, 0.29) is 0 Å². The van der Waals surface area contributed by atoms with Gasteiger partial charge in [-0.15, -0.1) is 0 Å². The third-order valence-electron chi connectivity index (χ3n) is 4.42.